The standard InChI is InChI=1S/C8H10NO/c1-10-8-4-2-7(6-9)3-5-8/h2-5H,1,6,9H2. The van der Waals surface area contributed by atoms with Crippen molar-refractivity contribution in [1.29, 1.82) is 0 Å². The lowest BCUT2D eigenvalue weighted by Crippen LogP contribution is -1.94. The molecule has 0 unspecified atom stereocenters. The number of benzene rings is 1. The molecule has 0 saturated carbocycles. The first-order valence-corrected chi connectivity index (χ1v) is 3.08. The minimum Gasteiger partial charge on any atom is -0.490 e. The zero-order valence-electron chi connectivity index (χ0n) is 5.71. The summed E-state index contributed by atoms with van der Waals surface area (Å²) in [5.74, 6) is 0.761. The Bertz CT molecular complexity index is 170. The van der Waals surface area contributed by atoms with Gasteiger partial charge in [0.25, 0.3) is 0 Å². The second kappa shape index (κ2) is 3.22. The zero-order chi connectivity index (χ0) is 7.40. The summed E-state index contributed by atoms with van der Waals surface area (Å²) in [5, 5.41) is 0. The van der Waals surface area contributed by atoms with E-state index in [1.807, 2.05) is 24.3 Å². The molecule has 2 nitrogen and oxygen atoms in total. The highest BCUT2D eigenvalue weighted by Crippen LogP contribution is 2.10. The van der Waals surface area contributed by atoms with Crippen molar-refractivity contribution >= 4 is 0 Å². The molecule has 1 rings (SSSR count). The Morgan fingerprint density at radius 2 is 1.90 bits per heavy atom. The van der Waals surface area contributed by atoms with Crippen LogP contribution in [0.2, 0.25) is 0 Å². The van der Waals surface area contributed by atoms with Gasteiger partial charge in [-0.05, 0) is 17.7 Å². The predicted molar refractivity (Wildman–Crippen MR) is 40.3 cm³/mol. The van der Waals surface area contributed by atoms with Crippen molar-refractivity contribution in [2.45, 2.75) is 6.54 Å². The molecule has 53 valence electrons. The van der Waals surface area contributed by atoms with Crippen molar-refractivity contribution in [3.63, 3.8) is 0 Å². The molecule has 0 saturated heterocycles. The normalized spacial score (nSPS) is 9.40. The molecule has 1 radical (unpaired) electrons. The molecule has 0 heterocycles. The molecule has 0 aliphatic rings. The third-order valence-electron chi connectivity index (χ3n) is 1.33. The summed E-state index contributed by atoms with van der Waals surface area (Å²) in [5.41, 5.74) is 6.48. The van der Waals surface area contributed by atoms with Gasteiger partial charge in [0, 0.05) is 6.54 Å². The van der Waals surface area contributed by atoms with Crippen LogP contribution in [0.15, 0.2) is 24.3 Å². The Labute approximate surface area is 60.6 Å². The van der Waals surface area contributed by atoms with Gasteiger partial charge in [-0.25, -0.2) is 0 Å². The predicted octanol–water partition coefficient (Wildman–Crippen LogP) is 1.32. The minimum absolute atomic E-state index is 0.567. The summed E-state index contributed by atoms with van der Waals surface area (Å²) < 4.78 is 4.72. The number of rotatable bonds is 2. The Morgan fingerprint density at radius 1 is 1.30 bits per heavy atom. The van der Waals surface area contributed by atoms with E-state index in [1.165, 1.54) is 0 Å². The van der Waals surface area contributed by atoms with Crippen molar-refractivity contribution in [2.24, 2.45) is 5.73 Å². The molecular formula is C8H10NO. The van der Waals surface area contributed by atoms with Gasteiger partial charge in [0.2, 0.25) is 0 Å². The number of ether oxygens (including phenoxy) is 1. The van der Waals surface area contributed by atoms with Crippen molar-refractivity contribution in [3.05, 3.63) is 36.9 Å². The van der Waals surface area contributed by atoms with Gasteiger partial charge in [-0.2, -0.15) is 0 Å². The quantitative estimate of drug-likeness (QED) is 0.665. The lowest BCUT2D eigenvalue weighted by molar-refractivity contribution is 0.473. The number of hydrogen-bond acceptors (Lipinski definition) is 2. The first kappa shape index (κ1) is 7.09. The smallest absolute Gasteiger partial charge is 0.122 e. The van der Waals surface area contributed by atoms with E-state index in [0.29, 0.717) is 6.54 Å². The molecule has 0 aliphatic carbocycles. The fourth-order valence-electron chi connectivity index (χ4n) is 0.722. The summed E-state index contributed by atoms with van der Waals surface area (Å²) in [6.45, 7) is 0.567. The van der Waals surface area contributed by atoms with Crippen LogP contribution in [0, 0.1) is 7.11 Å². The van der Waals surface area contributed by atoms with Crippen LogP contribution in [0.4, 0.5) is 0 Å². The highest BCUT2D eigenvalue weighted by atomic mass is 16.5. The van der Waals surface area contributed by atoms with Crippen LogP contribution in [0.5, 0.6) is 5.75 Å². The van der Waals surface area contributed by atoms with Gasteiger partial charge >= 0.3 is 0 Å². The Morgan fingerprint density at radius 3 is 2.30 bits per heavy atom. The Kier molecular flexibility index (Phi) is 2.29. The maximum atomic E-state index is 5.38. The summed E-state index contributed by atoms with van der Waals surface area (Å²) >= 11 is 0. The van der Waals surface area contributed by atoms with Gasteiger partial charge in [0.15, 0.2) is 0 Å². The maximum absolute atomic E-state index is 5.38. The molecule has 2 heteroatoms. The van der Waals surface area contributed by atoms with E-state index < -0.39 is 0 Å². The van der Waals surface area contributed by atoms with Gasteiger partial charge in [0.1, 0.15) is 12.9 Å². The van der Waals surface area contributed by atoms with Crippen LogP contribution in [0.1, 0.15) is 5.56 Å². The third-order valence-corrected chi connectivity index (χ3v) is 1.33. The van der Waals surface area contributed by atoms with Crippen molar-refractivity contribution in [1.82, 2.24) is 0 Å². The second-order valence-corrected chi connectivity index (χ2v) is 1.99. The molecule has 0 amide bonds. The van der Waals surface area contributed by atoms with Gasteiger partial charge in [0.05, 0.1) is 0 Å². The fourth-order valence-corrected chi connectivity index (χ4v) is 0.722. The SMILES string of the molecule is [CH2]Oc1ccc(CN)cc1. The van der Waals surface area contributed by atoms with Crippen molar-refractivity contribution in [2.75, 3.05) is 0 Å². The average Bonchev–Trinajstić information content (AvgIpc) is 2.05. The van der Waals surface area contributed by atoms with Crippen LogP contribution in [-0.4, -0.2) is 0 Å². The van der Waals surface area contributed by atoms with Gasteiger partial charge in [-0.15, -0.1) is 0 Å². The number of nitrogens with two attached hydrogens (primary N) is 1. The third kappa shape index (κ3) is 1.48. The van der Waals surface area contributed by atoms with Gasteiger partial charge in [-0.3, -0.25) is 0 Å². The number of hydrogen-bond donors (Lipinski definition) is 1. The first-order chi connectivity index (χ1) is 4.86. The highest BCUT2D eigenvalue weighted by Gasteiger charge is 1.89. The molecule has 0 atom stereocenters. The molecule has 1 aromatic carbocycles. The first-order valence-electron chi connectivity index (χ1n) is 3.08. The summed E-state index contributed by atoms with van der Waals surface area (Å²) in [6.07, 6.45) is 0. The van der Waals surface area contributed by atoms with Crippen molar-refractivity contribution in [3.8, 4) is 5.75 Å². The van der Waals surface area contributed by atoms with Crippen LogP contribution in [0.3, 0.4) is 0 Å². The molecule has 0 spiro atoms. The van der Waals surface area contributed by atoms with Crippen molar-refractivity contribution < 1.29 is 4.74 Å². The van der Waals surface area contributed by atoms with E-state index in [0.717, 1.165) is 11.3 Å². The Hall–Kier alpha value is -1.02. The summed E-state index contributed by atoms with van der Waals surface area (Å²) in [4.78, 5) is 0. The molecular weight excluding hydrogens is 126 g/mol. The van der Waals surface area contributed by atoms with E-state index in [4.69, 9.17) is 10.5 Å². The van der Waals surface area contributed by atoms with Crippen LogP contribution in [-0.2, 0) is 6.54 Å². The minimum atomic E-state index is 0.567. The molecule has 1 aromatic rings. The topological polar surface area (TPSA) is 35.2 Å². The lowest BCUT2D eigenvalue weighted by atomic mass is 10.2. The molecule has 10 heavy (non-hydrogen) atoms. The summed E-state index contributed by atoms with van der Waals surface area (Å²) in [6, 6.07) is 7.52. The van der Waals surface area contributed by atoms with Crippen LogP contribution >= 0.6 is 0 Å². The van der Waals surface area contributed by atoms with Gasteiger partial charge < -0.3 is 10.5 Å². The van der Waals surface area contributed by atoms with Gasteiger partial charge in [-0.1, -0.05) is 12.1 Å². The molecule has 0 fully saturated rings. The van der Waals surface area contributed by atoms with E-state index in [-0.39, 0.29) is 0 Å². The van der Waals surface area contributed by atoms with E-state index in [2.05, 4.69) is 7.11 Å². The highest BCUT2D eigenvalue weighted by molar-refractivity contribution is 5.26. The van der Waals surface area contributed by atoms with Crippen LogP contribution in [0.25, 0.3) is 0 Å². The molecule has 0 aliphatic heterocycles. The van der Waals surface area contributed by atoms with E-state index in [1.54, 1.807) is 0 Å². The van der Waals surface area contributed by atoms with E-state index >= 15 is 0 Å². The molecule has 0 bridgehead atoms. The summed E-state index contributed by atoms with van der Waals surface area (Å²) in [7, 11) is 3.28. The maximum Gasteiger partial charge on any atom is 0.122 e. The Balaban J connectivity index is 2.80. The second-order valence-electron chi connectivity index (χ2n) is 1.99. The lowest BCUT2D eigenvalue weighted by Gasteiger charge is -1.98. The average molecular weight is 136 g/mol. The molecule has 0 aromatic heterocycles. The largest absolute Gasteiger partial charge is 0.490 e. The monoisotopic (exact) mass is 136 g/mol. The molecule has 2 N–H and O–H groups in total. The fraction of sp³-hybridized carbons (Fsp3) is 0.125. The van der Waals surface area contributed by atoms with Crippen LogP contribution < -0.4 is 10.5 Å². The van der Waals surface area contributed by atoms with E-state index in [9.17, 15) is 0 Å². The zero-order valence-corrected chi connectivity index (χ0v) is 5.71.